The molecule has 0 saturated carbocycles. The third-order valence-electron chi connectivity index (χ3n) is 1.18. The monoisotopic (exact) mass is 136 g/mol. The highest BCUT2D eigenvalue weighted by Gasteiger charge is 2.04. The Morgan fingerprint density at radius 2 is 2.40 bits per heavy atom. The number of furan rings is 1. The van der Waals surface area contributed by atoms with Gasteiger partial charge in [-0.25, -0.2) is 0 Å². The Kier molecular flexibility index (Phi) is 1.79. The van der Waals surface area contributed by atoms with Crippen molar-refractivity contribution in [3.63, 3.8) is 0 Å². The van der Waals surface area contributed by atoms with Crippen LogP contribution in [0.2, 0.25) is 0 Å². The average molecular weight is 136 g/mol. The molecule has 0 amide bonds. The molecule has 0 saturated heterocycles. The Labute approximate surface area is 59.5 Å². The van der Waals surface area contributed by atoms with Crippen molar-refractivity contribution in [3.8, 4) is 12.3 Å². The topological polar surface area (TPSA) is 33.4 Å². The summed E-state index contributed by atoms with van der Waals surface area (Å²) in [7, 11) is 0. The van der Waals surface area contributed by atoms with E-state index in [0.717, 1.165) is 0 Å². The zero-order valence-corrected chi connectivity index (χ0v) is 5.66. The number of hydrogen-bond acceptors (Lipinski definition) is 2. The summed E-state index contributed by atoms with van der Waals surface area (Å²) >= 11 is 0. The Morgan fingerprint density at radius 1 is 1.70 bits per heavy atom. The first-order chi connectivity index (χ1) is 4.74. The van der Waals surface area contributed by atoms with E-state index < -0.39 is 6.10 Å². The molecular formula is C8H8O2. The van der Waals surface area contributed by atoms with Crippen molar-refractivity contribution in [2.45, 2.75) is 13.0 Å². The van der Waals surface area contributed by atoms with E-state index in [1.165, 1.54) is 0 Å². The van der Waals surface area contributed by atoms with Gasteiger partial charge in [-0.2, -0.15) is 0 Å². The molecule has 2 heteroatoms. The number of aliphatic hydroxyl groups is 1. The second-order valence-electron chi connectivity index (χ2n) is 2.02. The van der Waals surface area contributed by atoms with Gasteiger partial charge in [0.15, 0.2) is 5.76 Å². The molecule has 1 atom stereocenters. The van der Waals surface area contributed by atoms with Crippen molar-refractivity contribution in [2.75, 3.05) is 0 Å². The first-order valence-corrected chi connectivity index (χ1v) is 2.98. The highest BCUT2D eigenvalue weighted by molar-refractivity contribution is 5.23. The quantitative estimate of drug-likeness (QED) is 0.590. The predicted octanol–water partition coefficient (Wildman–Crippen LogP) is 1.31. The molecule has 1 rings (SSSR count). The Hall–Kier alpha value is -1.20. The van der Waals surface area contributed by atoms with Crippen LogP contribution in [0, 0.1) is 12.3 Å². The summed E-state index contributed by atoms with van der Waals surface area (Å²) < 4.78 is 5.01. The molecule has 0 spiro atoms. The van der Waals surface area contributed by atoms with Gasteiger partial charge in [0.2, 0.25) is 0 Å². The summed E-state index contributed by atoms with van der Waals surface area (Å²) in [6.07, 6.45) is 4.46. The minimum absolute atomic E-state index is 0.455. The van der Waals surface area contributed by atoms with E-state index in [0.29, 0.717) is 11.5 Å². The van der Waals surface area contributed by atoms with E-state index in [1.54, 1.807) is 19.1 Å². The molecule has 0 radical (unpaired) electrons. The maximum Gasteiger partial charge on any atom is 0.176 e. The van der Waals surface area contributed by atoms with Crippen molar-refractivity contribution in [2.24, 2.45) is 0 Å². The second kappa shape index (κ2) is 2.59. The van der Waals surface area contributed by atoms with E-state index in [9.17, 15) is 0 Å². The molecule has 10 heavy (non-hydrogen) atoms. The standard InChI is InChI=1S/C8H8O2/c1-3-7-4-5-8(10-7)6(2)9/h1,4-6,9H,2H3. The van der Waals surface area contributed by atoms with Gasteiger partial charge < -0.3 is 9.52 Å². The third-order valence-corrected chi connectivity index (χ3v) is 1.18. The summed E-state index contributed by atoms with van der Waals surface area (Å²) in [5.41, 5.74) is 0. The minimum Gasteiger partial charge on any atom is -0.450 e. The molecule has 1 N–H and O–H groups in total. The van der Waals surface area contributed by atoms with Crippen LogP contribution in [-0.2, 0) is 0 Å². The summed E-state index contributed by atoms with van der Waals surface area (Å²) in [5, 5.41) is 8.97. The maximum absolute atomic E-state index is 8.97. The molecule has 2 nitrogen and oxygen atoms in total. The largest absolute Gasteiger partial charge is 0.450 e. The molecule has 1 aromatic rings. The highest BCUT2D eigenvalue weighted by atomic mass is 16.4. The lowest BCUT2D eigenvalue weighted by molar-refractivity contribution is 0.169. The SMILES string of the molecule is C#Cc1ccc(C(C)O)o1. The fourth-order valence-corrected chi connectivity index (χ4v) is 0.655. The van der Waals surface area contributed by atoms with Gasteiger partial charge in [0.1, 0.15) is 11.9 Å². The van der Waals surface area contributed by atoms with Crippen LogP contribution in [0.25, 0.3) is 0 Å². The van der Waals surface area contributed by atoms with Gasteiger partial charge in [-0.1, -0.05) is 0 Å². The first-order valence-electron chi connectivity index (χ1n) is 2.98. The lowest BCUT2D eigenvalue weighted by Gasteiger charge is -1.95. The molecule has 1 unspecified atom stereocenters. The maximum atomic E-state index is 8.97. The van der Waals surface area contributed by atoms with E-state index in [1.807, 2.05) is 0 Å². The predicted molar refractivity (Wildman–Crippen MR) is 37.3 cm³/mol. The normalized spacial score (nSPS) is 12.5. The minimum atomic E-state index is -0.581. The van der Waals surface area contributed by atoms with E-state index in [4.69, 9.17) is 15.9 Å². The molecule has 0 aliphatic rings. The lowest BCUT2D eigenvalue weighted by Crippen LogP contribution is -1.85. The Balaban J connectivity index is 2.91. The van der Waals surface area contributed by atoms with E-state index in [-0.39, 0.29) is 0 Å². The zero-order valence-electron chi connectivity index (χ0n) is 5.66. The second-order valence-corrected chi connectivity index (χ2v) is 2.02. The van der Waals surface area contributed by atoms with Crippen LogP contribution < -0.4 is 0 Å². The number of hydrogen-bond donors (Lipinski definition) is 1. The molecule has 0 bridgehead atoms. The summed E-state index contributed by atoms with van der Waals surface area (Å²) in [4.78, 5) is 0. The molecule has 1 aromatic heterocycles. The smallest absolute Gasteiger partial charge is 0.176 e. The summed E-state index contributed by atoms with van der Waals surface area (Å²) in [6.45, 7) is 1.62. The fourth-order valence-electron chi connectivity index (χ4n) is 0.655. The van der Waals surface area contributed by atoms with Crippen LogP contribution in [0.3, 0.4) is 0 Å². The fraction of sp³-hybridized carbons (Fsp3) is 0.250. The Morgan fingerprint density at radius 3 is 2.70 bits per heavy atom. The summed E-state index contributed by atoms with van der Waals surface area (Å²) in [6, 6.07) is 3.32. The number of aliphatic hydroxyl groups excluding tert-OH is 1. The average Bonchev–Trinajstić information content (AvgIpc) is 2.34. The molecule has 52 valence electrons. The van der Waals surface area contributed by atoms with Crippen molar-refractivity contribution in [3.05, 3.63) is 23.7 Å². The van der Waals surface area contributed by atoms with Gasteiger partial charge in [0, 0.05) is 0 Å². The van der Waals surface area contributed by atoms with Crippen molar-refractivity contribution < 1.29 is 9.52 Å². The summed E-state index contributed by atoms with van der Waals surface area (Å²) in [5.74, 6) is 3.29. The van der Waals surface area contributed by atoms with Crippen LogP contribution in [0.5, 0.6) is 0 Å². The number of rotatable bonds is 1. The number of terminal acetylenes is 1. The van der Waals surface area contributed by atoms with Gasteiger partial charge in [0.05, 0.1) is 0 Å². The van der Waals surface area contributed by atoms with Crippen molar-refractivity contribution >= 4 is 0 Å². The van der Waals surface area contributed by atoms with Crippen LogP contribution in [0.4, 0.5) is 0 Å². The first kappa shape index (κ1) is 6.91. The van der Waals surface area contributed by atoms with Gasteiger partial charge in [0.25, 0.3) is 0 Å². The van der Waals surface area contributed by atoms with E-state index in [2.05, 4.69) is 5.92 Å². The molecule has 0 aliphatic carbocycles. The molecule has 1 heterocycles. The van der Waals surface area contributed by atoms with Gasteiger partial charge in [-0.15, -0.1) is 6.42 Å². The van der Waals surface area contributed by atoms with Gasteiger partial charge in [-0.3, -0.25) is 0 Å². The molecule has 0 fully saturated rings. The third kappa shape index (κ3) is 1.20. The van der Waals surface area contributed by atoms with Crippen molar-refractivity contribution in [1.82, 2.24) is 0 Å². The van der Waals surface area contributed by atoms with E-state index >= 15 is 0 Å². The van der Waals surface area contributed by atoms with Crippen LogP contribution >= 0.6 is 0 Å². The molecular weight excluding hydrogens is 128 g/mol. The van der Waals surface area contributed by atoms with Crippen LogP contribution in [0.1, 0.15) is 24.5 Å². The molecule has 0 aromatic carbocycles. The lowest BCUT2D eigenvalue weighted by atomic mass is 10.3. The van der Waals surface area contributed by atoms with Crippen LogP contribution in [-0.4, -0.2) is 5.11 Å². The van der Waals surface area contributed by atoms with Gasteiger partial charge in [-0.05, 0) is 25.0 Å². The van der Waals surface area contributed by atoms with Crippen molar-refractivity contribution in [1.29, 1.82) is 0 Å². The van der Waals surface area contributed by atoms with Crippen LogP contribution in [0.15, 0.2) is 16.5 Å². The highest BCUT2D eigenvalue weighted by Crippen LogP contribution is 2.14. The molecule has 0 aliphatic heterocycles. The Bertz CT molecular complexity index is 252. The van der Waals surface area contributed by atoms with Gasteiger partial charge >= 0.3 is 0 Å². The zero-order chi connectivity index (χ0) is 7.56.